The van der Waals surface area contributed by atoms with E-state index in [1.807, 2.05) is 18.8 Å². The van der Waals surface area contributed by atoms with E-state index in [9.17, 15) is 0 Å². The average molecular weight is 178 g/mol. The van der Waals surface area contributed by atoms with E-state index in [0.717, 1.165) is 11.7 Å². The van der Waals surface area contributed by atoms with Crippen LogP contribution in [0.5, 0.6) is 0 Å². The molecule has 0 fully saturated rings. The first-order chi connectivity index (χ1) is 4.81. The van der Waals surface area contributed by atoms with Crippen LogP contribution in [0.15, 0.2) is 0 Å². The molecule has 0 radical (unpaired) electrons. The fraction of sp³-hybridized carbons (Fsp3) is 0.833. The Morgan fingerprint density at radius 1 is 1.60 bits per heavy atom. The van der Waals surface area contributed by atoms with E-state index in [2.05, 4.69) is 16.9 Å². The highest BCUT2D eigenvalue weighted by Crippen LogP contribution is 1.92. The first kappa shape index (κ1) is 10.0. The third-order valence-corrected chi connectivity index (χ3v) is 2.08. The fourth-order valence-corrected chi connectivity index (χ4v) is 1.04. The van der Waals surface area contributed by atoms with E-state index in [1.165, 1.54) is 12.2 Å². The number of thiocarbonyl (C=S) groups is 1. The lowest BCUT2D eigenvalue weighted by Gasteiger charge is -2.04. The van der Waals surface area contributed by atoms with Crippen LogP contribution in [0.4, 0.5) is 0 Å². The summed E-state index contributed by atoms with van der Waals surface area (Å²) in [5.41, 5.74) is 0. The highest BCUT2D eigenvalue weighted by atomic mass is 32.2. The minimum atomic E-state index is 0.737. The monoisotopic (exact) mass is 178 g/mol. The van der Waals surface area contributed by atoms with Crippen molar-refractivity contribution in [1.82, 2.24) is 10.6 Å². The van der Waals surface area contributed by atoms with Crippen molar-refractivity contribution in [2.45, 2.75) is 6.42 Å². The van der Waals surface area contributed by atoms with E-state index in [0.29, 0.717) is 0 Å². The van der Waals surface area contributed by atoms with Crippen molar-refractivity contribution in [1.29, 1.82) is 0 Å². The van der Waals surface area contributed by atoms with Crippen LogP contribution in [0.25, 0.3) is 0 Å². The van der Waals surface area contributed by atoms with Crippen molar-refractivity contribution in [2.24, 2.45) is 0 Å². The van der Waals surface area contributed by atoms with Crippen molar-refractivity contribution in [3.63, 3.8) is 0 Å². The zero-order chi connectivity index (χ0) is 7.82. The zero-order valence-corrected chi connectivity index (χ0v) is 8.07. The largest absolute Gasteiger partial charge is 0.366 e. The van der Waals surface area contributed by atoms with Crippen LogP contribution in [-0.2, 0) is 0 Å². The summed E-state index contributed by atoms with van der Waals surface area (Å²) in [5.74, 6) is 1.19. The van der Waals surface area contributed by atoms with E-state index >= 15 is 0 Å². The molecule has 0 aromatic heterocycles. The molecule has 0 aromatic carbocycles. The first-order valence-corrected chi connectivity index (χ1v) is 5.06. The molecule has 0 rings (SSSR count). The van der Waals surface area contributed by atoms with E-state index in [4.69, 9.17) is 12.2 Å². The number of hydrogen-bond acceptors (Lipinski definition) is 2. The van der Waals surface area contributed by atoms with Gasteiger partial charge >= 0.3 is 0 Å². The molecule has 2 nitrogen and oxygen atoms in total. The van der Waals surface area contributed by atoms with Gasteiger partial charge < -0.3 is 10.6 Å². The molecule has 0 amide bonds. The Balaban J connectivity index is 2.96. The third-order valence-electron chi connectivity index (χ3n) is 1.04. The van der Waals surface area contributed by atoms with Crippen LogP contribution >= 0.6 is 24.0 Å². The van der Waals surface area contributed by atoms with Crippen LogP contribution in [-0.4, -0.2) is 30.7 Å². The van der Waals surface area contributed by atoms with Crippen LogP contribution in [0.2, 0.25) is 0 Å². The molecule has 0 bridgehead atoms. The molecule has 0 saturated heterocycles. The minimum Gasteiger partial charge on any atom is -0.366 e. The summed E-state index contributed by atoms with van der Waals surface area (Å²) in [4.78, 5) is 0. The predicted octanol–water partition coefficient (Wildman–Crippen LogP) is 0.833. The van der Waals surface area contributed by atoms with Gasteiger partial charge in [0.15, 0.2) is 5.11 Å². The second kappa shape index (κ2) is 7.15. The van der Waals surface area contributed by atoms with Gasteiger partial charge in [-0.3, -0.25) is 0 Å². The summed E-state index contributed by atoms with van der Waals surface area (Å²) in [7, 11) is 1.82. The van der Waals surface area contributed by atoms with Crippen molar-refractivity contribution >= 4 is 29.1 Å². The predicted molar refractivity (Wildman–Crippen MR) is 52.7 cm³/mol. The second-order valence-corrected chi connectivity index (χ2v) is 3.25. The van der Waals surface area contributed by atoms with Crippen LogP contribution in [0, 0.1) is 0 Å². The standard InChI is InChI=1S/C6H14N2S2/c1-7-6(9)8-4-3-5-10-2/h3-5H2,1-2H3,(H2,7,8,9). The van der Waals surface area contributed by atoms with Crippen molar-refractivity contribution in [3.05, 3.63) is 0 Å². The Morgan fingerprint density at radius 3 is 2.80 bits per heavy atom. The Kier molecular flexibility index (Phi) is 7.18. The lowest BCUT2D eigenvalue weighted by molar-refractivity contribution is 0.835. The molecule has 0 aliphatic rings. The average Bonchev–Trinajstić information content (AvgIpc) is 1.98. The fourth-order valence-electron chi connectivity index (χ4n) is 0.507. The van der Waals surface area contributed by atoms with Gasteiger partial charge in [-0.15, -0.1) is 0 Å². The minimum absolute atomic E-state index is 0.737. The van der Waals surface area contributed by atoms with Gasteiger partial charge in [0, 0.05) is 13.6 Å². The maximum absolute atomic E-state index is 4.88. The first-order valence-electron chi connectivity index (χ1n) is 3.25. The zero-order valence-electron chi connectivity index (χ0n) is 6.44. The Hall–Kier alpha value is 0.0400. The number of hydrogen-bond donors (Lipinski definition) is 2. The SMILES string of the molecule is CNC(=S)NCCCSC. The van der Waals surface area contributed by atoms with Crippen LogP contribution < -0.4 is 10.6 Å². The topological polar surface area (TPSA) is 24.1 Å². The van der Waals surface area contributed by atoms with Crippen molar-refractivity contribution < 1.29 is 0 Å². The van der Waals surface area contributed by atoms with E-state index < -0.39 is 0 Å². The Bertz CT molecular complexity index is 95.7. The molecular formula is C6H14N2S2. The molecule has 2 N–H and O–H groups in total. The van der Waals surface area contributed by atoms with Gasteiger partial charge in [-0.05, 0) is 30.6 Å². The lowest BCUT2D eigenvalue weighted by Crippen LogP contribution is -2.33. The summed E-state index contributed by atoms with van der Waals surface area (Å²) in [5, 5.41) is 6.67. The number of nitrogens with one attached hydrogen (secondary N) is 2. The summed E-state index contributed by atoms with van der Waals surface area (Å²) >= 11 is 6.73. The number of rotatable bonds is 4. The van der Waals surface area contributed by atoms with Crippen molar-refractivity contribution in [3.8, 4) is 0 Å². The highest BCUT2D eigenvalue weighted by Gasteiger charge is 1.88. The van der Waals surface area contributed by atoms with Crippen LogP contribution in [0.3, 0.4) is 0 Å². The molecule has 10 heavy (non-hydrogen) atoms. The molecule has 0 aliphatic heterocycles. The maximum atomic E-state index is 4.88. The second-order valence-electron chi connectivity index (χ2n) is 1.85. The highest BCUT2D eigenvalue weighted by molar-refractivity contribution is 7.98. The molecule has 4 heteroatoms. The normalized spacial score (nSPS) is 9.00. The summed E-state index contributed by atoms with van der Waals surface area (Å²) < 4.78 is 0. The summed E-state index contributed by atoms with van der Waals surface area (Å²) in [6.07, 6.45) is 3.28. The van der Waals surface area contributed by atoms with Gasteiger partial charge in [0.05, 0.1) is 0 Å². The quantitative estimate of drug-likeness (QED) is 0.492. The van der Waals surface area contributed by atoms with Gasteiger partial charge in [-0.1, -0.05) is 0 Å². The number of thioether (sulfide) groups is 1. The molecular weight excluding hydrogens is 164 g/mol. The third kappa shape index (κ3) is 6.16. The van der Waals surface area contributed by atoms with Gasteiger partial charge in [0.1, 0.15) is 0 Å². The molecule has 0 aromatic rings. The van der Waals surface area contributed by atoms with Gasteiger partial charge in [-0.2, -0.15) is 11.8 Å². The lowest BCUT2D eigenvalue weighted by atomic mass is 10.5. The molecule has 0 heterocycles. The molecule has 60 valence electrons. The summed E-state index contributed by atoms with van der Waals surface area (Å²) in [6.45, 7) is 0.973. The smallest absolute Gasteiger partial charge is 0.166 e. The molecule has 0 saturated carbocycles. The maximum Gasteiger partial charge on any atom is 0.166 e. The van der Waals surface area contributed by atoms with Gasteiger partial charge in [0.25, 0.3) is 0 Å². The Morgan fingerprint density at radius 2 is 2.30 bits per heavy atom. The molecule has 0 atom stereocenters. The van der Waals surface area contributed by atoms with Crippen molar-refractivity contribution in [2.75, 3.05) is 25.6 Å². The molecule has 0 spiro atoms. The van der Waals surface area contributed by atoms with Gasteiger partial charge in [-0.25, -0.2) is 0 Å². The van der Waals surface area contributed by atoms with E-state index in [-0.39, 0.29) is 0 Å². The van der Waals surface area contributed by atoms with E-state index in [1.54, 1.807) is 0 Å². The summed E-state index contributed by atoms with van der Waals surface area (Å²) in [6, 6.07) is 0. The Labute approximate surface area is 72.1 Å². The van der Waals surface area contributed by atoms with Gasteiger partial charge in [0.2, 0.25) is 0 Å². The molecule has 0 aliphatic carbocycles. The van der Waals surface area contributed by atoms with Crippen LogP contribution in [0.1, 0.15) is 6.42 Å². The molecule has 0 unspecified atom stereocenters.